The van der Waals surface area contributed by atoms with Crippen LogP contribution < -0.4 is 10.6 Å². The van der Waals surface area contributed by atoms with E-state index >= 15 is 0 Å². The minimum atomic E-state index is -0.975. The zero-order valence-electron chi connectivity index (χ0n) is 11.3. The van der Waals surface area contributed by atoms with E-state index in [-0.39, 0.29) is 25.3 Å². The number of aryl methyl sites for hydroxylation is 1. The Kier molecular flexibility index (Phi) is 5.63. The molecule has 0 saturated carbocycles. The summed E-state index contributed by atoms with van der Waals surface area (Å²) < 4.78 is 1.64. The van der Waals surface area contributed by atoms with Gasteiger partial charge in [0.1, 0.15) is 6.33 Å². The Morgan fingerprint density at radius 1 is 1.40 bits per heavy atom. The van der Waals surface area contributed by atoms with Crippen LogP contribution in [0.25, 0.3) is 0 Å². The van der Waals surface area contributed by atoms with Crippen molar-refractivity contribution in [3.05, 3.63) is 12.2 Å². The second-order valence-electron chi connectivity index (χ2n) is 4.50. The van der Waals surface area contributed by atoms with Crippen LogP contribution in [-0.2, 0) is 23.2 Å². The molecule has 3 amide bonds. The summed E-state index contributed by atoms with van der Waals surface area (Å²) in [6.07, 6.45) is 1.35. The molecule has 0 radical (unpaired) electrons. The molecule has 0 aliphatic heterocycles. The van der Waals surface area contributed by atoms with Crippen LogP contribution >= 0.6 is 0 Å². The number of imide groups is 1. The summed E-state index contributed by atoms with van der Waals surface area (Å²) >= 11 is 0. The molecular weight excluding hydrogens is 266 g/mol. The first kappa shape index (κ1) is 15.6. The van der Waals surface area contributed by atoms with E-state index in [2.05, 4.69) is 20.8 Å². The van der Waals surface area contributed by atoms with Gasteiger partial charge in [-0.15, -0.1) is 10.2 Å². The normalized spacial score (nSPS) is 11.7. The fourth-order valence-electron chi connectivity index (χ4n) is 1.54. The summed E-state index contributed by atoms with van der Waals surface area (Å²) in [4.78, 5) is 33.4. The van der Waals surface area contributed by atoms with Gasteiger partial charge in [-0.05, 0) is 5.92 Å². The second-order valence-corrected chi connectivity index (χ2v) is 4.50. The van der Waals surface area contributed by atoms with Crippen LogP contribution in [0.3, 0.4) is 0 Å². The summed E-state index contributed by atoms with van der Waals surface area (Å²) in [5.74, 6) is -1.28. The molecular formula is C11H17N5O4. The van der Waals surface area contributed by atoms with Gasteiger partial charge < -0.3 is 15.0 Å². The van der Waals surface area contributed by atoms with Gasteiger partial charge in [-0.2, -0.15) is 0 Å². The van der Waals surface area contributed by atoms with Crippen LogP contribution in [0.4, 0.5) is 4.79 Å². The summed E-state index contributed by atoms with van der Waals surface area (Å²) in [6.45, 7) is 1.77. The third kappa shape index (κ3) is 5.46. The quantitative estimate of drug-likeness (QED) is 0.654. The minimum Gasteiger partial charge on any atom is -0.481 e. The first-order chi connectivity index (χ1) is 9.38. The molecule has 20 heavy (non-hydrogen) atoms. The van der Waals surface area contributed by atoms with Crippen LogP contribution in [0.5, 0.6) is 0 Å². The van der Waals surface area contributed by atoms with E-state index in [0.717, 1.165) is 0 Å². The second kappa shape index (κ2) is 7.22. The number of aromatic nitrogens is 3. The smallest absolute Gasteiger partial charge is 0.321 e. The van der Waals surface area contributed by atoms with Crippen molar-refractivity contribution in [3.8, 4) is 0 Å². The van der Waals surface area contributed by atoms with Gasteiger partial charge in [0.05, 0.1) is 6.54 Å². The molecule has 1 unspecified atom stereocenters. The van der Waals surface area contributed by atoms with E-state index in [0.29, 0.717) is 5.82 Å². The molecule has 0 spiro atoms. The molecule has 0 saturated heterocycles. The first-order valence-electron chi connectivity index (χ1n) is 6.00. The highest BCUT2D eigenvalue weighted by atomic mass is 16.4. The molecule has 1 atom stereocenters. The molecule has 0 aliphatic carbocycles. The number of nitrogens with one attached hydrogen (secondary N) is 2. The lowest BCUT2D eigenvalue weighted by molar-refractivity contribution is -0.138. The van der Waals surface area contributed by atoms with Gasteiger partial charge in [-0.1, -0.05) is 6.92 Å². The molecule has 1 aromatic heterocycles. The SMILES string of the molecule is CC(CC(=O)O)CC(=O)NC(=O)NCc1nncn1C. The zero-order valence-corrected chi connectivity index (χ0v) is 11.3. The molecule has 0 fully saturated rings. The van der Waals surface area contributed by atoms with E-state index in [9.17, 15) is 14.4 Å². The van der Waals surface area contributed by atoms with E-state index in [1.807, 2.05) is 0 Å². The number of amides is 3. The molecule has 9 heteroatoms. The average Bonchev–Trinajstić information content (AvgIpc) is 2.70. The fraction of sp³-hybridized carbons (Fsp3) is 0.545. The zero-order chi connectivity index (χ0) is 15.1. The van der Waals surface area contributed by atoms with Crippen LogP contribution in [0.2, 0.25) is 0 Å². The maximum atomic E-state index is 11.5. The molecule has 0 aromatic carbocycles. The van der Waals surface area contributed by atoms with E-state index < -0.39 is 17.9 Å². The third-order valence-electron chi connectivity index (χ3n) is 2.52. The van der Waals surface area contributed by atoms with Crippen LogP contribution in [0.15, 0.2) is 6.33 Å². The third-order valence-corrected chi connectivity index (χ3v) is 2.52. The summed E-state index contributed by atoms with van der Waals surface area (Å²) in [7, 11) is 1.73. The molecule has 110 valence electrons. The predicted molar refractivity (Wildman–Crippen MR) is 67.4 cm³/mol. The van der Waals surface area contributed by atoms with E-state index in [4.69, 9.17) is 5.11 Å². The number of carbonyl (C=O) groups is 3. The topological polar surface area (TPSA) is 126 Å². The summed E-state index contributed by atoms with van der Waals surface area (Å²) in [6, 6.07) is -0.652. The number of hydrogen-bond donors (Lipinski definition) is 3. The fourth-order valence-corrected chi connectivity index (χ4v) is 1.54. The Morgan fingerprint density at radius 3 is 2.65 bits per heavy atom. The number of carboxylic acid groups (broad SMARTS) is 1. The monoisotopic (exact) mass is 283 g/mol. The Labute approximate surface area is 115 Å². The van der Waals surface area contributed by atoms with Crippen LogP contribution in [-0.4, -0.2) is 37.8 Å². The van der Waals surface area contributed by atoms with Crippen molar-refractivity contribution in [2.45, 2.75) is 26.3 Å². The Bertz CT molecular complexity index is 499. The van der Waals surface area contributed by atoms with Crippen molar-refractivity contribution < 1.29 is 19.5 Å². The van der Waals surface area contributed by atoms with Crippen molar-refractivity contribution in [2.24, 2.45) is 13.0 Å². The van der Waals surface area contributed by atoms with Crippen molar-refractivity contribution in [3.63, 3.8) is 0 Å². The van der Waals surface area contributed by atoms with Gasteiger partial charge in [0.2, 0.25) is 5.91 Å². The van der Waals surface area contributed by atoms with Crippen molar-refractivity contribution in [2.75, 3.05) is 0 Å². The first-order valence-corrected chi connectivity index (χ1v) is 6.00. The number of carboxylic acids is 1. The Balaban J connectivity index is 2.29. The molecule has 9 nitrogen and oxygen atoms in total. The lowest BCUT2D eigenvalue weighted by atomic mass is 10.0. The van der Waals surface area contributed by atoms with E-state index in [1.54, 1.807) is 18.5 Å². The number of aliphatic carboxylic acids is 1. The number of urea groups is 1. The predicted octanol–water partition coefficient (Wildman–Crippen LogP) is -0.358. The van der Waals surface area contributed by atoms with Crippen LogP contribution in [0, 0.1) is 5.92 Å². The van der Waals surface area contributed by atoms with Gasteiger partial charge in [-0.25, -0.2) is 4.79 Å². The van der Waals surface area contributed by atoms with Crippen molar-refractivity contribution in [1.82, 2.24) is 25.4 Å². The largest absolute Gasteiger partial charge is 0.481 e. The van der Waals surface area contributed by atoms with Gasteiger partial charge >= 0.3 is 12.0 Å². The van der Waals surface area contributed by atoms with Crippen LogP contribution in [0.1, 0.15) is 25.6 Å². The number of nitrogens with zero attached hydrogens (tertiary/aromatic N) is 3. The summed E-state index contributed by atoms with van der Waals surface area (Å²) in [5, 5.41) is 20.6. The number of carbonyl (C=O) groups excluding carboxylic acids is 2. The highest BCUT2D eigenvalue weighted by Crippen LogP contribution is 2.06. The Hall–Kier alpha value is -2.45. The molecule has 3 N–H and O–H groups in total. The molecule has 1 heterocycles. The lowest BCUT2D eigenvalue weighted by Crippen LogP contribution is -2.40. The van der Waals surface area contributed by atoms with Gasteiger partial charge in [0.15, 0.2) is 5.82 Å². The van der Waals surface area contributed by atoms with Crippen molar-refractivity contribution in [1.29, 1.82) is 0 Å². The maximum absolute atomic E-state index is 11.5. The van der Waals surface area contributed by atoms with Gasteiger partial charge in [0.25, 0.3) is 0 Å². The minimum absolute atomic E-state index is 0.0241. The standard InChI is InChI=1S/C11H17N5O4/c1-7(4-10(18)19)3-9(17)14-11(20)12-5-8-15-13-6-16(8)2/h6-7H,3-5H2,1-2H3,(H,18,19)(H2,12,14,17,20). The number of rotatable bonds is 6. The van der Waals surface area contributed by atoms with Gasteiger partial charge in [-0.3, -0.25) is 14.9 Å². The molecule has 1 aromatic rings. The summed E-state index contributed by atoms with van der Waals surface area (Å²) in [5.41, 5.74) is 0. The molecule has 0 aliphatic rings. The maximum Gasteiger partial charge on any atom is 0.321 e. The highest BCUT2D eigenvalue weighted by molar-refractivity contribution is 5.94. The number of hydrogen-bond acceptors (Lipinski definition) is 5. The van der Waals surface area contributed by atoms with E-state index in [1.165, 1.54) is 6.33 Å². The molecule has 1 rings (SSSR count). The van der Waals surface area contributed by atoms with Crippen molar-refractivity contribution >= 4 is 17.9 Å². The Morgan fingerprint density at radius 2 is 2.10 bits per heavy atom. The highest BCUT2D eigenvalue weighted by Gasteiger charge is 2.14. The lowest BCUT2D eigenvalue weighted by Gasteiger charge is -2.09. The molecule has 0 bridgehead atoms. The average molecular weight is 283 g/mol. The van der Waals surface area contributed by atoms with Gasteiger partial charge in [0, 0.05) is 19.9 Å².